The molecule has 0 bridgehead atoms. The number of aromatic amines is 1. The normalized spacial score (nSPS) is 20.5. The summed E-state index contributed by atoms with van der Waals surface area (Å²) < 4.78 is 0. The molecule has 0 aliphatic heterocycles. The summed E-state index contributed by atoms with van der Waals surface area (Å²) in [6.45, 7) is 0. The molecule has 3 rings (SSSR count). The van der Waals surface area contributed by atoms with Gasteiger partial charge in [-0.05, 0) is 36.6 Å². The number of benzene rings is 1. The molecular weight excluding hydrogens is 210 g/mol. The Balaban J connectivity index is 2.25. The van der Waals surface area contributed by atoms with Crippen LogP contribution < -0.4 is 0 Å². The average molecular weight is 222 g/mol. The van der Waals surface area contributed by atoms with Crippen LogP contribution in [0.1, 0.15) is 17.7 Å². The number of aromatic nitrogens is 1. The van der Waals surface area contributed by atoms with Crippen LogP contribution in [0.3, 0.4) is 0 Å². The van der Waals surface area contributed by atoms with E-state index in [0.29, 0.717) is 0 Å². The van der Waals surface area contributed by atoms with Crippen molar-refractivity contribution in [1.82, 2.24) is 4.98 Å². The summed E-state index contributed by atoms with van der Waals surface area (Å²) in [7, 11) is 0. The van der Waals surface area contributed by atoms with Crippen molar-refractivity contribution in [3.05, 3.63) is 34.5 Å². The van der Waals surface area contributed by atoms with Crippen LogP contribution in [-0.2, 0) is 12.8 Å². The minimum atomic E-state index is -0.199. The van der Waals surface area contributed by atoms with Crippen LogP contribution in [0.15, 0.2) is 18.2 Å². The lowest BCUT2D eigenvalue weighted by molar-refractivity contribution is 0.158. The molecule has 0 spiro atoms. The zero-order valence-corrected chi connectivity index (χ0v) is 9.01. The predicted molar refractivity (Wildman–Crippen MR) is 61.3 cm³/mol. The maximum atomic E-state index is 9.66. The number of nitrogens with one attached hydrogen (secondary N) is 1. The van der Waals surface area contributed by atoms with E-state index in [9.17, 15) is 5.11 Å². The molecule has 0 saturated carbocycles. The van der Waals surface area contributed by atoms with Crippen LogP contribution in [0.5, 0.6) is 0 Å². The van der Waals surface area contributed by atoms with Gasteiger partial charge in [0.25, 0.3) is 0 Å². The molecule has 0 saturated heterocycles. The van der Waals surface area contributed by atoms with Crippen molar-refractivity contribution >= 4 is 22.5 Å². The fourth-order valence-electron chi connectivity index (χ4n) is 2.37. The average Bonchev–Trinajstić information content (AvgIpc) is 2.56. The van der Waals surface area contributed by atoms with Crippen LogP contribution in [0.4, 0.5) is 0 Å². The third-order valence-electron chi connectivity index (χ3n) is 3.12. The lowest BCUT2D eigenvalue weighted by atomic mass is 9.93. The molecule has 2 aromatic rings. The molecule has 0 unspecified atom stereocenters. The van der Waals surface area contributed by atoms with Crippen LogP contribution in [0.25, 0.3) is 10.9 Å². The van der Waals surface area contributed by atoms with Gasteiger partial charge in [-0.2, -0.15) is 0 Å². The van der Waals surface area contributed by atoms with Crippen molar-refractivity contribution in [3.8, 4) is 0 Å². The standard InChI is InChI=1S/C12H12ClNO/c13-7-1-3-11-9(5-7)10-6-8(15)2-4-12(10)14-11/h1,3,5,8,14-15H,2,4,6H2/t8-/m1/s1. The molecular formula is C12H12ClNO. The Morgan fingerprint density at radius 2 is 2.27 bits per heavy atom. The van der Waals surface area contributed by atoms with Gasteiger partial charge in [-0.15, -0.1) is 0 Å². The Bertz CT molecular complexity index is 518. The van der Waals surface area contributed by atoms with Gasteiger partial charge < -0.3 is 10.1 Å². The Hall–Kier alpha value is -0.990. The van der Waals surface area contributed by atoms with Crippen molar-refractivity contribution in [2.24, 2.45) is 0 Å². The van der Waals surface area contributed by atoms with Crippen LogP contribution in [0, 0.1) is 0 Å². The van der Waals surface area contributed by atoms with Gasteiger partial charge >= 0.3 is 0 Å². The van der Waals surface area contributed by atoms with E-state index in [0.717, 1.165) is 35.2 Å². The van der Waals surface area contributed by atoms with Crippen molar-refractivity contribution in [3.63, 3.8) is 0 Å². The number of aliphatic hydroxyl groups is 1. The number of fused-ring (bicyclic) bond motifs is 3. The van der Waals surface area contributed by atoms with Crippen LogP contribution >= 0.6 is 11.6 Å². The summed E-state index contributed by atoms with van der Waals surface area (Å²) in [6.07, 6.45) is 2.34. The predicted octanol–water partition coefficient (Wildman–Crippen LogP) is 2.67. The SMILES string of the molecule is O[C@@H]1CCc2[nH]c3ccc(Cl)cc3c2C1. The number of aliphatic hydroxyl groups excluding tert-OH is 1. The van der Waals surface area contributed by atoms with Gasteiger partial charge in [0.05, 0.1) is 6.10 Å². The third kappa shape index (κ3) is 1.45. The van der Waals surface area contributed by atoms with Gasteiger partial charge in [-0.1, -0.05) is 11.6 Å². The summed E-state index contributed by atoms with van der Waals surface area (Å²) in [4.78, 5) is 3.39. The van der Waals surface area contributed by atoms with Crippen molar-refractivity contribution in [2.75, 3.05) is 0 Å². The highest BCUT2D eigenvalue weighted by Crippen LogP contribution is 2.30. The molecule has 15 heavy (non-hydrogen) atoms. The number of rotatable bonds is 0. The number of aryl methyl sites for hydroxylation is 1. The van der Waals surface area contributed by atoms with Gasteiger partial charge in [0.2, 0.25) is 0 Å². The molecule has 0 fully saturated rings. The van der Waals surface area contributed by atoms with E-state index < -0.39 is 0 Å². The second kappa shape index (κ2) is 3.26. The molecule has 1 aliphatic carbocycles. The van der Waals surface area contributed by atoms with Crippen molar-refractivity contribution < 1.29 is 5.11 Å². The van der Waals surface area contributed by atoms with Gasteiger partial charge in [-0.3, -0.25) is 0 Å². The highest BCUT2D eigenvalue weighted by Gasteiger charge is 2.20. The Kier molecular flexibility index (Phi) is 2.01. The number of hydrogen-bond acceptors (Lipinski definition) is 1. The monoisotopic (exact) mass is 221 g/mol. The minimum Gasteiger partial charge on any atom is -0.393 e. The Labute approximate surface area is 92.9 Å². The van der Waals surface area contributed by atoms with E-state index in [1.807, 2.05) is 18.2 Å². The molecule has 1 aliphatic rings. The third-order valence-corrected chi connectivity index (χ3v) is 3.36. The number of hydrogen-bond donors (Lipinski definition) is 2. The lowest BCUT2D eigenvalue weighted by Gasteiger charge is -2.17. The van der Waals surface area contributed by atoms with E-state index >= 15 is 0 Å². The molecule has 0 amide bonds. The van der Waals surface area contributed by atoms with Crippen molar-refractivity contribution in [2.45, 2.75) is 25.4 Å². The maximum Gasteiger partial charge on any atom is 0.0585 e. The molecule has 2 N–H and O–H groups in total. The molecule has 78 valence electrons. The quantitative estimate of drug-likeness (QED) is 0.705. The first-order valence-corrected chi connectivity index (χ1v) is 5.59. The van der Waals surface area contributed by atoms with Gasteiger partial charge in [-0.25, -0.2) is 0 Å². The van der Waals surface area contributed by atoms with Crippen LogP contribution in [0.2, 0.25) is 5.02 Å². The van der Waals surface area contributed by atoms with Gasteiger partial charge in [0, 0.05) is 28.0 Å². The first kappa shape index (κ1) is 9.25. The summed E-state index contributed by atoms with van der Waals surface area (Å²) in [5, 5.41) is 11.6. The van der Waals surface area contributed by atoms with E-state index in [4.69, 9.17) is 11.6 Å². The molecule has 2 nitrogen and oxygen atoms in total. The molecule has 1 aromatic carbocycles. The zero-order chi connectivity index (χ0) is 10.4. The Morgan fingerprint density at radius 1 is 1.40 bits per heavy atom. The van der Waals surface area contributed by atoms with E-state index in [1.54, 1.807) is 0 Å². The topological polar surface area (TPSA) is 36.0 Å². The van der Waals surface area contributed by atoms with Gasteiger partial charge in [0.15, 0.2) is 0 Å². The highest BCUT2D eigenvalue weighted by molar-refractivity contribution is 6.31. The largest absolute Gasteiger partial charge is 0.393 e. The Morgan fingerprint density at radius 3 is 3.13 bits per heavy atom. The van der Waals surface area contributed by atoms with E-state index in [1.165, 1.54) is 11.3 Å². The fourth-order valence-corrected chi connectivity index (χ4v) is 2.54. The molecule has 1 aromatic heterocycles. The fraction of sp³-hybridized carbons (Fsp3) is 0.333. The van der Waals surface area contributed by atoms with Crippen molar-refractivity contribution in [1.29, 1.82) is 0 Å². The summed E-state index contributed by atoms with van der Waals surface area (Å²) in [5.74, 6) is 0. The first-order valence-electron chi connectivity index (χ1n) is 5.21. The summed E-state index contributed by atoms with van der Waals surface area (Å²) in [5.41, 5.74) is 3.63. The molecule has 1 heterocycles. The summed E-state index contributed by atoms with van der Waals surface area (Å²) in [6, 6.07) is 5.87. The van der Waals surface area contributed by atoms with E-state index in [-0.39, 0.29) is 6.10 Å². The second-order valence-electron chi connectivity index (χ2n) is 4.17. The summed E-state index contributed by atoms with van der Waals surface area (Å²) >= 11 is 5.98. The number of H-pyrrole nitrogens is 1. The zero-order valence-electron chi connectivity index (χ0n) is 8.26. The highest BCUT2D eigenvalue weighted by atomic mass is 35.5. The smallest absolute Gasteiger partial charge is 0.0585 e. The number of halogens is 1. The van der Waals surface area contributed by atoms with Crippen LogP contribution in [-0.4, -0.2) is 16.2 Å². The minimum absolute atomic E-state index is 0.199. The molecule has 1 atom stereocenters. The lowest BCUT2D eigenvalue weighted by Crippen LogP contribution is -2.17. The maximum absolute atomic E-state index is 9.66. The molecule has 3 heteroatoms. The second-order valence-corrected chi connectivity index (χ2v) is 4.61. The first-order chi connectivity index (χ1) is 7.24. The molecule has 0 radical (unpaired) electrons. The van der Waals surface area contributed by atoms with E-state index in [2.05, 4.69) is 4.98 Å². The van der Waals surface area contributed by atoms with Gasteiger partial charge in [0.1, 0.15) is 0 Å².